The first-order chi connectivity index (χ1) is 50.0. The van der Waals surface area contributed by atoms with Gasteiger partial charge in [0.05, 0.1) is 0 Å². The van der Waals surface area contributed by atoms with Gasteiger partial charge >= 0.3 is 0 Å². The van der Waals surface area contributed by atoms with Crippen molar-refractivity contribution < 1.29 is 0 Å². The quantitative estimate of drug-likeness (QED) is 0.156. The van der Waals surface area contributed by atoms with Crippen LogP contribution in [0.5, 0.6) is 0 Å². The zero-order valence-corrected chi connectivity index (χ0v) is 57.5. The van der Waals surface area contributed by atoms with E-state index in [-0.39, 0.29) is 10.8 Å². The summed E-state index contributed by atoms with van der Waals surface area (Å²) in [7, 11) is 0. The lowest BCUT2D eigenvalue weighted by atomic mass is 9.79. The maximum Gasteiger partial charge on any atom is 0.0165 e. The molecule has 19 aromatic carbocycles. The highest BCUT2D eigenvalue weighted by Gasteiger charge is 2.39. The van der Waals surface area contributed by atoms with E-state index in [0.717, 1.165) is 0 Å². The fourth-order valence-corrected chi connectivity index (χ4v) is 17.6. The summed E-state index contributed by atoms with van der Waals surface area (Å²) in [4.78, 5) is 0. The fraction of sp³-hybridized carbons (Fsp3) is 0.0588. The number of hydrogen-bond acceptors (Lipinski definition) is 0. The first kappa shape index (κ1) is 59.6. The molecule has 0 unspecified atom stereocenters. The van der Waals surface area contributed by atoms with E-state index >= 15 is 0 Å². The molecule has 0 spiro atoms. The van der Waals surface area contributed by atoms with Crippen molar-refractivity contribution in [3.05, 3.63) is 374 Å². The highest BCUT2D eigenvalue weighted by molar-refractivity contribution is 6.07. The number of fused-ring (bicyclic) bond motifs is 17. The third kappa shape index (κ3) is 9.80. The Bertz CT molecular complexity index is 6740. The molecule has 0 heteroatoms. The third-order valence-electron chi connectivity index (χ3n) is 22.9. The topological polar surface area (TPSA) is 0 Å². The molecule has 2 aliphatic carbocycles. The van der Waals surface area contributed by atoms with Gasteiger partial charge in [0.2, 0.25) is 0 Å². The molecule has 0 atom stereocenters. The highest BCUT2D eigenvalue weighted by Crippen LogP contribution is 2.55. The third-order valence-corrected chi connectivity index (χ3v) is 22.9. The monoisotopic (exact) mass is 1290 g/mol. The van der Waals surface area contributed by atoms with Gasteiger partial charge < -0.3 is 0 Å². The molecule has 0 amide bonds. The minimum Gasteiger partial charge on any atom is -0.0622 e. The molecule has 2 aliphatic rings. The molecule has 478 valence electrons. The van der Waals surface area contributed by atoms with Crippen molar-refractivity contribution in [3.63, 3.8) is 0 Å². The summed E-state index contributed by atoms with van der Waals surface area (Å²) in [6.45, 7) is 9.57. The van der Waals surface area contributed by atoms with Gasteiger partial charge in [-0.3, -0.25) is 0 Å². The summed E-state index contributed by atoms with van der Waals surface area (Å²) in [5.74, 6) is 0. The Morgan fingerprint density at radius 1 is 0.147 bits per heavy atom. The summed E-state index contributed by atoms with van der Waals surface area (Å²) < 4.78 is 0. The SMILES string of the molecule is CC1(C)c2cc3ccc(-c4ccccc4)cc3cc2-c2ccc3cc(-c4ccc5cc(-c6ccc7ccccc7c6)ccc5c4)ccc3c21.CC1(C)c2cc3ccccc3cc2-c2ccc3cc(-c4cc(-c5ccc6cc(-c7ccc8ccccc8c7)ccc6c5)c5ccccc5c4)ccc3c21. The molecule has 0 fully saturated rings. The molecule has 0 saturated heterocycles. The van der Waals surface area contributed by atoms with Gasteiger partial charge in [-0.25, -0.2) is 0 Å². The van der Waals surface area contributed by atoms with E-state index < -0.39 is 0 Å². The summed E-state index contributed by atoms with van der Waals surface area (Å²) in [5, 5.41) is 23.1. The molecule has 0 nitrogen and oxygen atoms in total. The Morgan fingerprint density at radius 3 is 0.912 bits per heavy atom. The van der Waals surface area contributed by atoms with Crippen molar-refractivity contribution in [1.29, 1.82) is 0 Å². The molecule has 102 heavy (non-hydrogen) atoms. The van der Waals surface area contributed by atoms with E-state index in [1.54, 1.807) is 0 Å². The van der Waals surface area contributed by atoms with Crippen molar-refractivity contribution in [2.75, 3.05) is 0 Å². The summed E-state index contributed by atoms with van der Waals surface area (Å²) >= 11 is 0. The van der Waals surface area contributed by atoms with Gasteiger partial charge in [-0.2, -0.15) is 0 Å². The molecule has 0 bridgehead atoms. The predicted molar refractivity (Wildman–Crippen MR) is 438 cm³/mol. The number of rotatable bonds is 6. The number of hydrogen-bond donors (Lipinski definition) is 0. The van der Waals surface area contributed by atoms with Crippen LogP contribution in [0.25, 0.3) is 186 Å². The van der Waals surface area contributed by atoms with E-state index in [2.05, 4.69) is 380 Å². The minimum atomic E-state index is -0.0936. The second-order valence-electron chi connectivity index (χ2n) is 29.6. The van der Waals surface area contributed by atoms with Crippen molar-refractivity contribution in [2.24, 2.45) is 0 Å². The van der Waals surface area contributed by atoms with Crippen molar-refractivity contribution >= 4 is 97.0 Å². The predicted octanol–water partition coefficient (Wildman–Crippen LogP) is 28.4. The van der Waals surface area contributed by atoms with Gasteiger partial charge in [-0.05, 0) is 299 Å². The van der Waals surface area contributed by atoms with Crippen LogP contribution in [-0.2, 0) is 10.8 Å². The van der Waals surface area contributed by atoms with Crippen molar-refractivity contribution in [2.45, 2.75) is 38.5 Å². The average Bonchev–Trinajstić information content (AvgIpc) is 1.56. The molecular formula is C102H70. The van der Waals surface area contributed by atoms with Crippen LogP contribution in [-0.4, -0.2) is 0 Å². The highest BCUT2D eigenvalue weighted by atomic mass is 14.4. The largest absolute Gasteiger partial charge is 0.0622 e. The Hall–Kier alpha value is -12.5. The Labute approximate surface area is 594 Å². The van der Waals surface area contributed by atoms with Crippen LogP contribution in [0.1, 0.15) is 49.9 Å². The van der Waals surface area contributed by atoms with Crippen LogP contribution < -0.4 is 0 Å². The smallest absolute Gasteiger partial charge is 0.0165 e. The first-order valence-electron chi connectivity index (χ1n) is 35.9. The second kappa shape index (κ2) is 23.0. The maximum atomic E-state index is 2.43. The Kier molecular flexibility index (Phi) is 13.5. The van der Waals surface area contributed by atoms with Gasteiger partial charge in [0, 0.05) is 10.8 Å². The van der Waals surface area contributed by atoms with Crippen LogP contribution in [0, 0.1) is 0 Å². The first-order valence-corrected chi connectivity index (χ1v) is 35.9. The summed E-state index contributed by atoms with van der Waals surface area (Å²) in [5.41, 5.74) is 26.0. The second-order valence-corrected chi connectivity index (χ2v) is 29.6. The van der Waals surface area contributed by atoms with E-state index in [4.69, 9.17) is 0 Å². The molecule has 0 aromatic heterocycles. The van der Waals surface area contributed by atoms with Gasteiger partial charge in [-0.1, -0.05) is 289 Å². The molecular weight excluding hydrogens is 1230 g/mol. The van der Waals surface area contributed by atoms with Crippen LogP contribution >= 0.6 is 0 Å². The molecule has 0 saturated carbocycles. The van der Waals surface area contributed by atoms with Gasteiger partial charge in [0.1, 0.15) is 0 Å². The van der Waals surface area contributed by atoms with Crippen molar-refractivity contribution in [3.8, 4) is 89.0 Å². The summed E-state index contributed by atoms with van der Waals surface area (Å²) in [6.07, 6.45) is 0. The molecule has 0 heterocycles. The normalized spacial score (nSPS) is 13.3. The number of benzene rings is 19. The lowest BCUT2D eigenvalue weighted by Crippen LogP contribution is -2.15. The molecule has 0 radical (unpaired) electrons. The molecule has 0 N–H and O–H groups in total. The fourth-order valence-electron chi connectivity index (χ4n) is 17.6. The van der Waals surface area contributed by atoms with Gasteiger partial charge in [-0.15, -0.1) is 0 Å². The minimum absolute atomic E-state index is 0.0852. The van der Waals surface area contributed by atoms with E-state index in [0.29, 0.717) is 0 Å². The lowest BCUT2D eigenvalue weighted by molar-refractivity contribution is 0.667. The van der Waals surface area contributed by atoms with Crippen LogP contribution in [0.2, 0.25) is 0 Å². The zero-order chi connectivity index (χ0) is 68.0. The zero-order valence-electron chi connectivity index (χ0n) is 57.5. The average molecular weight is 1300 g/mol. The van der Waals surface area contributed by atoms with E-state index in [1.165, 1.54) is 208 Å². The molecule has 21 rings (SSSR count). The van der Waals surface area contributed by atoms with Crippen LogP contribution in [0.4, 0.5) is 0 Å². The van der Waals surface area contributed by atoms with Crippen LogP contribution in [0.15, 0.2) is 352 Å². The van der Waals surface area contributed by atoms with Gasteiger partial charge in [0.25, 0.3) is 0 Å². The molecule has 0 aliphatic heterocycles. The Morgan fingerprint density at radius 2 is 0.431 bits per heavy atom. The summed E-state index contributed by atoms with van der Waals surface area (Å²) in [6, 6.07) is 131. The standard InChI is InChI=1S/C53H36.C49H34/c1-53(2)51-32-36-12-6-5-11-35(36)30-50(51)48-24-22-43-28-41(21-23-47(43)52(48)53)45-29-42-13-7-8-14-46(42)49(31-45)44-20-19-39-26-38(17-18-40(39)27-44)37-16-15-33-9-3-4-10-34(33)25-37;1-49(2)47-30-41-19-14-34(31-8-4-3-5-9-31)28-43(41)29-46(47)45-23-21-42-27-40(20-22-44(42)48(45)49)39-18-17-37-25-36(15-16-38(37)26-39)35-13-12-32-10-6-7-11-33(32)24-35/h3-32H,1-2H3;3-30H,1-2H3. The van der Waals surface area contributed by atoms with Crippen LogP contribution in [0.3, 0.4) is 0 Å². The maximum absolute atomic E-state index is 2.43. The molecule has 19 aromatic rings. The Balaban J connectivity index is 0.000000137. The lowest BCUT2D eigenvalue weighted by Gasteiger charge is -2.23. The van der Waals surface area contributed by atoms with E-state index in [1.807, 2.05) is 0 Å². The van der Waals surface area contributed by atoms with Gasteiger partial charge in [0.15, 0.2) is 0 Å². The van der Waals surface area contributed by atoms with E-state index in [9.17, 15) is 0 Å². The van der Waals surface area contributed by atoms with Crippen molar-refractivity contribution in [1.82, 2.24) is 0 Å².